The normalized spacial score (nSPS) is 10.2. The van der Waals surface area contributed by atoms with Gasteiger partial charge in [-0.2, -0.15) is 0 Å². The van der Waals surface area contributed by atoms with Crippen molar-refractivity contribution < 1.29 is 0 Å². The molecule has 2 nitrogen and oxygen atoms in total. The smallest absolute Gasteiger partial charge is 0.116 e. The largest absolute Gasteiger partial charge is 0.236 e. The van der Waals surface area contributed by atoms with E-state index in [2.05, 4.69) is 16.0 Å². The van der Waals surface area contributed by atoms with Crippen LogP contribution in [0.3, 0.4) is 0 Å². The Morgan fingerprint density at radius 3 is 2.00 bits per heavy atom. The van der Waals surface area contributed by atoms with Crippen LogP contribution in [0.4, 0.5) is 0 Å². The summed E-state index contributed by atoms with van der Waals surface area (Å²) < 4.78 is 0. The van der Waals surface area contributed by atoms with E-state index in [1.165, 1.54) is 0 Å². The second-order valence-corrected chi connectivity index (χ2v) is 3.94. The van der Waals surface area contributed by atoms with E-state index in [1.54, 1.807) is 6.33 Å². The van der Waals surface area contributed by atoms with E-state index in [9.17, 15) is 0 Å². The molecular formula is C16H11N2. The van der Waals surface area contributed by atoms with Gasteiger partial charge in [-0.1, -0.05) is 54.6 Å². The van der Waals surface area contributed by atoms with Crippen LogP contribution in [0.1, 0.15) is 0 Å². The highest BCUT2D eigenvalue weighted by Crippen LogP contribution is 2.21. The molecule has 0 saturated heterocycles. The Balaban J connectivity index is 2.05. The summed E-state index contributed by atoms with van der Waals surface area (Å²) in [5.74, 6) is 0. The van der Waals surface area contributed by atoms with Crippen molar-refractivity contribution in [1.82, 2.24) is 9.97 Å². The molecular weight excluding hydrogens is 220 g/mol. The molecule has 3 rings (SSSR count). The fraction of sp³-hybridized carbons (Fsp3) is 0. The van der Waals surface area contributed by atoms with Crippen molar-refractivity contribution in [3.8, 4) is 22.5 Å². The molecule has 0 spiro atoms. The molecule has 85 valence electrons. The Morgan fingerprint density at radius 2 is 1.33 bits per heavy atom. The van der Waals surface area contributed by atoms with Crippen molar-refractivity contribution in [1.29, 1.82) is 0 Å². The number of nitrogens with zero attached hydrogens (tertiary/aromatic N) is 2. The van der Waals surface area contributed by atoms with Gasteiger partial charge in [-0.15, -0.1) is 0 Å². The van der Waals surface area contributed by atoms with Gasteiger partial charge >= 0.3 is 0 Å². The minimum atomic E-state index is 0.929. The van der Waals surface area contributed by atoms with Gasteiger partial charge in [0.2, 0.25) is 0 Å². The van der Waals surface area contributed by atoms with Gasteiger partial charge < -0.3 is 0 Å². The molecule has 0 aliphatic rings. The molecule has 0 aliphatic heterocycles. The Morgan fingerprint density at radius 1 is 0.722 bits per heavy atom. The number of hydrogen-bond donors (Lipinski definition) is 0. The average molecular weight is 231 g/mol. The molecule has 2 heteroatoms. The second kappa shape index (κ2) is 4.80. The summed E-state index contributed by atoms with van der Waals surface area (Å²) in [7, 11) is 0. The fourth-order valence-corrected chi connectivity index (χ4v) is 1.84. The first-order valence-corrected chi connectivity index (χ1v) is 5.77. The van der Waals surface area contributed by atoms with E-state index in [4.69, 9.17) is 0 Å². The highest BCUT2D eigenvalue weighted by atomic mass is 14.8. The second-order valence-electron chi connectivity index (χ2n) is 3.94. The average Bonchev–Trinajstić information content (AvgIpc) is 2.49. The first-order valence-electron chi connectivity index (χ1n) is 5.77. The molecule has 0 bridgehead atoms. The van der Waals surface area contributed by atoms with Gasteiger partial charge in [-0.25, -0.2) is 9.97 Å². The van der Waals surface area contributed by atoms with E-state index in [1.807, 2.05) is 60.7 Å². The van der Waals surface area contributed by atoms with Gasteiger partial charge in [0.15, 0.2) is 0 Å². The quantitative estimate of drug-likeness (QED) is 0.673. The third-order valence-corrected chi connectivity index (χ3v) is 2.75. The molecule has 0 amide bonds. The van der Waals surface area contributed by atoms with E-state index in [0.29, 0.717) is 0 Å². The topological polar surface area (TPSA) is 25.8 Å². The van der Waals surface area contributed by atoms with Gasteiger partial charge in [0, 0.05) is 11.1 Å². The predicted molar refractivity (Wildman–Crippen MR) is 71.7 cm³/mol. The standard InChI is InChI=1S/C16H11N2/c1-3-7-13(8-4-1)15-11-16(18-12-17-15)14-9-5-2-6-10-14/h1,3-12H. The van der Waals surface area contributed by atoms with Crippen molar-refractivity contribution >= 4 is 0 Å². The van der Waals surface area contributed by atoms with Crippen LogP contribution in [0.2, 0.25) is 0 Å². The van der Waals surface area contributed by atoms with Crippen molar-refractivity contribution in [2.75, 3.05) is 0 Å². The van der Waals surface area contributed by atoms with Crippen LogP contribution in [0.25, 0.3) is 22.5 Å². The van der Waals surface area contributed by atoms with Crippen LogP contribution in [0.15, 0.2) is 67.0 Å². The number of aromatic nitrogens is 2. The Kier molecular flexibility index (Phi) is 2.84. The molecule has 0 saturated carbocycles. The maximum absolute atomic E-state index is 4.32. The third kappa shape index (κ3) is 2.13. The molecule has 18 heavy (non-hydrogen) atoms. The van der Waals surface area contributed by atoms with Gasteiger partial charge in [-0.05, 0) is 12.1 Å². The lowest BCUT2D eigenvalue weighted by Gasteiger charge is -2.03. The van der Waals surface area contributed by atoms with E-state index >= 15 is 0 Å². The third-order valence-electron chi connectivity index (χ3n) is 2.75. The maximum Gasteiger partial charge on any atom is 0.116 e. The zero-order valence-corrected chi connectivity index (χ0v) is 9.75. The summed E-state index contributed by atoms with van der Waals surface area (Å²) in [4.78, 5) is 8.63. The van der Waals surface area contributed by atoms with Crippen LogP contribution in [0.5, 0.6) is 0 Å². The summed E-state index contributed by atoms with van der Waals surface area (Å²) >= 11 is 0. The monoisotopic (exact) mass is 231 g/mol. The summed E-state index contributed by atoms with van der Waals surface area (Å²) in [6, 6.07) is 22.9. The van der Waals surface area contributed by atoms with Gasteiger partial charge in [0.25, 0.3) is 0 Å². The van der Waals surface area contributed by atoms with Crippen molar-refractivity contribution in [2.45, 2.75) is 0 Å². The van der Waals surface area contributed by atoms with Crippen LogP contribution in [0, 0.1) is 6.07 Å². The van der Waals surface area contributed by atoms with Gasteiger partial charge in [0.1, 0.15) is 6.33 Å². The fourth-order valence-electron chi connectivity index (χ4n) is 1.84. The summed E-state index contributed by atoms with van der Waals surface area (Å²) in [6.45, 7) is 0. The molecule has 1 heterocycles. The summed E-state index contributed by atoms with van der Waals surface area (Å²) in [5, 5.41) is 0. The molecule has 2 aromatic carbocycles. The maximum atomic E-state index is 4.32. The first kappa shape index (κ1) is 10.7. The van der Waals surface area contributed by atoms with Crippen LogP contribution < -0.4 is 0 Å². The van der Waals surface area contributed by atoms with Crippen LogP contribution in [-0.2, 0) is 0 Å². The highest BCUT2D eigenvalue weighted by Gasteiger charge is 2.02. The SMILES string of the molecule is [c]1ccc(-c2cc(-c3ccccc3)ncn2)cc1. The molecule has 0 unspecified atom stereocenters. The molecule has 0 aliphatic carbocycles. The zero-order chi connectivity index (χ0) is 12.2. The molecule has 1 aromatic heterocycles. The lowest BCUT2D eigenvalue weighted by atomic mass is 10.1. The van der Waals surface area contributed by atoms with E-state index in [0.717, 1.165) is 22.5 Å². The molecule has 0 N–H and O–H groups in total. The Labute approximate surface area is 106 Å². The lowest BCUT2D eigenvalue weighted by Crippen LogP contribution is -1.88. The first-order chi connectivity index (χ1) is 8.93. The van der Waals surface area contributed by atoms with Crippen molar-refractivity contribution in [3.63, 3.8) is 0 Å². The highest BCUT2D eigenvalue weighted by molar-refractivity contribution is 5.67. The van der Waals surface area contributed by atoms with Crippen molar-refractivity contribution in [2.24, 2.45) is 0 Å². The van der Waals surface area contributed by atoms with Gasteiger partial charge in [-0.3, -0.25) is 0 Å². The Bertz CT molecular complexity index is 579. The summed E-state index contributed by atoms with van der Waals surface area (Å²) in [6.07, 6.45) is 1.61. The number of hydrogen-bond acceptors (Lipinski definition) is 2. The molecule has 3 aromatic rings. The molecule has 0 atom stereocenters. The van der Waals surface area contributed by atoms with Crippen LogP contribution >= 0.6 is 0 Å². The number of benzene rings is 2. The lowest BCUT2D eigenvalue weighted by molar-refractivity contribution is 1.18. The van der Waals surface area contributed by atoms with Gasteiger partial charge in [0.05, 0.1) is 11.4 Å². The minimum Gasteiger partial charge on any atom is -0.236 e. The van der Waals surface area contributed by atoms with Crippen molar-refractivity contribution in [3.05, 3.63) is 73.1 Å². The zero-order valence-electron chi connectivity index (χ0n) is 9.75. The molecule has 1 radical (unpaired) electrons. The Hall–Kier alpha value is -2.48. The van der Waals surface area contributed by atoms with Crippen LogP contribution in [-0.4, -0.2) is 9.97 Å². The van der Waals surface area contributed by atoms with E-state index < -0.39 is 0 Å². The predicted octanol–water partition coefficient (Wildman–Crippen LogP) is 3.61. The van der Waals surface area contributed by atoms with E-state index in [-0.39, 0.29) is 0 Å². The molecule has 0 fully saturated rings. The number of rotatable bonds is 2. The minimum absolute atomic E-state index is 0.929. The summed E-state index contributed by atoms with van der Waals surface area (Å²) in [5.41, 5.74) is 4.04.